The maximum absolute atomic E-state index is 13.5. The maximum atomic E-state index is 13.5. The van der Waals surface area contributed by atoms with Crippen molar-refractivity contribution in [3.63, 3.8) is 0 Å². The summed E-state index contributed by atoms with van der Waals surface area (Å²) in [6, 6.07) is 4.98. The van der Waals surface area contributed by atoms with Crippen molar-refractivity contribution >= 4 is 0 Å². The Labute approximate surface area is 112 Å². The first-order valence-corrected chi connectivity index (χ1v) is 6.00. The monoisotopic (exact) mass is 282 g/mol. The summed E-state index contributed by atoms with van der Waals surface area (Å²) in [5.41, 5.74) is 0.809. The van der Waals surface area contributed by atoms with Gasteiger partial charge in [-0.15, -0.1) is 0 Å². The zero-order valence-electron chi connectivity index (χ0n) is 10.3. The second-order valence-electron chi connectivity index (χ2n) is 4.63. The van der Waals surface area contributed by atoms with Gasteiger partial charge in [0.15, 0.2) is 5.82 Å². The Bertz CT molecular complexity index is 665. The normalized spacial score (nSPS) is 14.4. The Morgan fingerprint density at radius 2 is 1.80 bits per heavy atom. The lowest BCUT2D eigenvalue weighted by atomic mass is 9.98. The van der Waals surface area contributed by atoms with Crippen molar-refractivity contribution in [2.75, 3.05) is 0 Å². The summed E-state index contributed by atoms with van der Waals surface area (Å²) in [6.07, 6.45) is -3.11. The van der Waals surface area contributed by atoms with Crippen LogP contribution < -0.4 is 5.32 Å². The van der Waals surface area contributed by atoms with Crippen molar-refractivity contribution in [1.29, 1.82) is 0 Å². The fraction of sp³-hybridized carbons (Fsp3) is 0.214. The van der Waals surface area contributed by atoms with E-state index in [0.29, 0.717) is 24.8 Å². The average molecular weight is 282 g/mol. The number of aromatic nitrogens is 1. The molecule has 1 aliphatic rings. The lowest BCUT2D eigenvalue weighted by Gasteiger charge is -2.14. The van der Waals surface area contributed by atoms with Gasteiger partial charge in [0.2, 0.25) is 0 Å². The van der Waals surface area contributed by atoms with Crippen LogP contribution >= 0.6 is 0 Å². The van der Waals surface area contributed by atoms with Crippen molar-refractivity contribution in [3.8, 4) is 11.1 Å². The van der Waals surface area contributed by atoms with Crippen LogP contribution in [-0.2, 0) is 19.3 Å². The summed E-state index contributed by atoms with van der Waals surface area (Å²) in [4.78, 5) is 3.54. The Kier molecular flexibility index (Phi) is 2.97. The Morgan fingerprint density at radius 1 is 1.05 bits per heavy atom. The number of halogens is 4. The highest BCUT2D eigenvalue weighted by atomic mass is 19.4. The predicted octanol–water partition coefficient (Wildman–Crippen LogP) is 3.51. The zero-order chi connectivity index (χ0) is 14.3. The highest BCUT2D eigenvalue weighted by molar-refractivity contribution is 5.68. The molecule has 1 aromatic heterocycles. The number of fused-ring (bicyclic) bond motifs is 1. The van der Waals surface area contributed by atoms with Gasteiger partial charge in [0, 0.05) is 24.8 Å². The highest BCUT2D eigenvalue weighted by Crippen LogP contribution is 2.38. The van der Waals surface area contributed by atoms with Crippen molar-refractivity contribution in [3.05, 3.63) is 53.1 Å². The molecule has 0 amide bonds. The molecule has 0 radical (unpaired) electrons. The van der Waals surface area contributed by atoms with Crippen molar-refractivity contribution in [1.82, 2.24) is 10.3 Å². The minimum Gasteiger partial charge on any atom is -0.309 e. The maximum Gasteiger partial charge on any atom is 0.419 e. The van der Waals surface area contributed by atoms with Gasteiger partial charge in [-0.3, -0.25) is 4.98 Å². The quantitative estimate of drug-likeness (QED) is 0.810. The molecule has 3 rings (SSSR count). The number of rotatable bonds is 1. The van der Waals surface area contributed by atoms with Gasteiger partial charge in [-0.1, -0.05) is 12.1 Å². The first-order valence-electron chi connectivity index (χ1n) is 6.00. The molecule has 0 bridgehead atoms. The largest absolute Gasteiger partial charge is 0.419 e. The molecular weight excluding hydrogens is 272 g/mol. The van der Waals surface area contributed by atoms with E-state index in [4.69, 9.17) is 0 Å². The molecule has 0 atom stereocenters. The van der Waals surface area contributed by atoms with Crippen LogP contribution in [0.1, 0.15) is 16.7 Å². The lowest BCUT2D eigenvalue weighted by Crippen LogP contribution is -2.11. The van der Waals surface area contributed by atoms with Crippen LogP contribution in [0.2, 0.25) is 0 Å². The molecule has 2 nitrogen and oxygen atoms in total. The van der Waals surface area contributed by atoms with E-state index in [1.165, 1.54) is 0 Å². The Hall–Kier alpha value is -1.95. The fourth-order valence-corrected chi connectivity index (χ4v) is 2.40. The number of hydrogen-bond acceptors (Lipinski definition) is 2. The minimum absolute atomic E-state index is 0.229. The summed E-state index contributed by atoms with van der Waals surface area (Å²) in [7, 11) is 0. The van der Waals surface area contributed by atoms with Gasteiger partial charge >= 0.3 is 6.18 Å². The molecule has 1 aromatic carbocycles. The van der Waals surface area contributed by atoms with Crippen molar-refractivity contribution in [2.45, 2.75) is 19.3 Å². The van der Waals surface area contributed by atoms with E-state index >= 15 is 0 Å². The SMILES string of the molecule is Fc1cncc(-c2ccc3c(c2)CNC3)c1C(F)(F)F. The number of nitrogens with zero attached hydrogens (tertiary/aromatic N) is 1. The number of hydrogen-bond donors (Lipinski definition) is 1. The van der Waals surface area contributed by atoms with Crippen molar-refractivity contribution < 1.29 is 17.6 Å². The van der Waals surface area contributed by atoms with Crippen LogP contribution in [0, 0.1) is 5.82 Å². The van der Waals surface area contributed by atoms with E-state index in [1.807, 2.05) is 0 Å². The Morgan fingerprint density at radius 3 is 2.55 bits per heavy atom. The molecule has 20 heavy (non-hydrogen) atoms. The highest BCUT2D eigenvalue weighted by Gasteiger charge is 2.37. The van der Waals surface area contributed by atoms with Gasteiger partial charge in [-0.05, 0) is 22.8 Å². The summed E-state index contributed by atoms with van der Waals surface area (Å²) in [5.74, 6) is -1.35. The third-order valence-electron chi connectivity index (χ3n) is 3.33. The molecular formula is C14H10F4N2. The molecule has 0 fully saturated rings. The van der Waals surface area contributed by atoms with E-state index in [9.17, 15) is 17.6 Å². The molecule has 1 N–H and O–H groups in total. The van der Waals surface area contributed by atoms with Gasteiger partial charge in [-0.25, -0.2) is 4.39 Å². The van der Waals surface area contributed by atoms with Crippen LogP contribution in [0.3, 0.4) is 0 Å². The third kappa shape index (κ3) is 2.16. The van der Waals surface area contributed by atoms with E-state index in [1.54, 1.807) is 18.2 Å². The molecule has 2 aromatic rings. The summed E-state index contributed by atoms with van der Waals surface area (Å²) in [6.45, 7) is 1.30. The minimum atomic E-state index is -4.75. The summed E-state index contributed by atoms with van der Waals surface area (Å²) in [5, 5.41) is 3.11. The molecule has 0 unspecified atom stereocenters. The number of pyridine rings is 1. The third-order valence-corrected chi connectivity index (χ3v) is 3.33. The second kappa shape index (κ2) is 4.56. The van der Waals surface area contributed by atoms with Gasteiger partial charge in [-0.2, -0.15) is 13.2 Å². The molecule has 0 saturated carbocycles. The van der Waals surface area contributed by atoms with Gasteiger partial charge < -0.3 is 5.32 Å². The van der Waals surface area contributed by atoms with Gasteiger partial charge in [0.05, 0.1) is 6.20 Å². The zero-order valence-corrected chi connectivity index (χ0v) is 10.3. The van der Waals surface area contributed by atoms with Crippen LogP contribution in [0.5, 0.6) is 0 Å². The van der Waals surface area contributed by atoms with E-state index < -0.39 is 17.6 Å². The molecule has 0 spiro atoms. The number of alkyl halides is 3. The van der Waals surface area contributed by atoms with E-state index in [-0.39, 0.29) is 5.56 Å². The van der Waals surface area contributed by atoms with E-state index in [2.05, 4.69) is 10.3 Å². The average Bonchev–Trinajstić information content (AvgIpc) is 2.83. The topological polar surface area (TPSA) is 24.9 Å². The standard InChI is InChI=1S/C14H10F4N2/c15-12-7-20-6-11(13(12)14(16,17)18)8-1-2-9-4-19-5-10(9)3-8/h1-3,6-7,19H,4-5H2. The van der Waals surface area contributed by atoms with E-state index in [0.717, 1.165) is 17.3 Å². The first kappa shape index (κ1) is 13.1. The first-order chi connectivity index (χ1) is 9.47. The smallest absolute Gasteiger partial charge is 0.309 e. The molecule has 104 valence electrons. The van der Waals surface area contributed by atoms with Gasteiger partial charge in [0.1, 0.15) is 5.56 Å². The predicted molar refractivity (Wildman–Crippen MR) is 65.2 cm³/mol. The van der Waals surface area contributed by atoms with Crippen LogP contribution in [0.15, 0.2) is 30.6 Å². The van der Waals surface area contributed by atoms with Crippen LogP contribution in [0.25, 0.3) is 11.1 Å². The molecule has 2 heterocycles. The van der Waals surface area contributed by atoms with Crippen LogP contribution in [0.4, 0.5) is 17.6 Å². The Balaban J connectivity index is 2.18. The van der Waals surface area contributed by atoms with Crippen LogP contribution in [-0.4, -0.2) is 4.98 Å². The molecule has 0 aliphatic carbocycles. The molecule has 0 saturated heterocycles. The summed E-state index contributed by atoms with van der Waals surface area (Å²) >= 11 is 0. The summed E-state index contributed by atoms with van der Waals surface area (Å²) < 4.78 is 52.5. The van der Waals surface area contributed by atoms with Gasteiger partial charge in [0.25, 0.3) is 0 Å². The fourth-order valence-electron chi connectivity index (χ4n) is 2.40. The lowest BCUT2D eigenvalue weighted by molar-refractivity contribution is -0.139. The molecule has 6 heteroatoms. The second-order valence-corrected chi connectivity index (χ2v) is 4.63. The van der Waals surface area contributed by atoms with Crippen molar-refractivity contribution in [2.24, 2.45) is 0 Å². The molecule has 1 aliphatic heterocycles. The number of nitrogens with one attached hydrogen (secondary N) is 1. The number of benzene rings is 1.